The van der Waals surface area contributed by atoms with Crippen LogP contribution in [0.5, 0.6) is 5.88 Å². The van der Waals surface area contributed by atoms with E-state index in [1.165, 1.54) is 6.20 Å². The molecule has 0 aromatic carbocycles. The lowest BCUT2D eigenvalue weighted by molar-refractivity contribution is -0.189. The molecule has 0 fully saturated rings. The van der Waals surface area contributed by atoms with Crippen LogP contribution in [0.3, 0.4) is 0 Å². The van der Waals surface area contributed by atoms with Crippen LogP contribution < -0.4 is 10.5 Å². The second-order valence-corrected chi connectivity index (χ2v) is 3.15. The number of nitrogens with two attached hydrogens (primary N) is 1. The van der Waals surface area contributed by atoms with Crippen LogP contribution in [0.15, 0.2) is 12.3 Å². The fraction of sp³-hybridized carbons (Fsp3) is 0.444. The molecule has 1 aromatic rings. The number of pyridine rings is 1. The third-order valence-electron chi connectivity index (χ3n) is 1.92. The number of rotatable bonds is 2. The molecule has 6 heteroatoms. The topological polar surface area (TPSA) is 48.1 Å². The molecule has 2 N–H and O–H groups in total. The van der Waals surface area contributed by atoms with Gasteiger partial charge in [-0.15, -0.1) is 0 Å². The fourth-order valence-electron chi connectivity index (χ4n) is 0.873. The van der Waals surface area contributed by atoms with Gasteiger partial charge in [-0.3, -0.25) is 0 Å². The van der Waals surface area contributed by atoms with E-state index in [9.17, 15) is 13.2 Å². The maximum atomic E-state index is 12.2. The molecule has 0 saturated heterocycles. The molecule has 1 atom stereocenters. The molecular formula is C9H11F3N2O. The molecule has 1 unspecified atom stereocenters. The minimum absolute atomic E-state index is 0.133. The number of nitrogen functional groups attached to an aromatic ring is 1. The molecule has 0 aliphatic carbocycles. The second-order valence-electron chi connectivity index (χ2n) is 3.15. The van der Waals surface area contributed by atoms with E-state index in [4.69, 9.17) is 5.73 Å². The Hall–Kier alpha value is -1.46. The summed E-state index contributed by atoms with van der Waals surface area (Å²) in [7, 11) is 0. The summed E-state index contributed by atoms with van der Waals surface area (Å²) < 4.78 is 41.1. The van der Waals surface area contributed by atoms with Gasteiger partial charge in [-0.2, -0.15) is 13.2 Å². The van der Waals surface area contributed by atoms with Crippen molar-refractivity contribution in [3.05, 3.63) is 17.8 Å². The van der Waals surface area contributed by atoms with Crippen LogP contribution in [0.25, 0.3) is 0 Å². The lowest BCUT2D eigenvalue weighted by Crippen LogP contribution is -2.31. The van der Waals surface area contributed by atoms with Gasteiger partial charge in [0.2, 0.25) is 5.88 Å². The number of aryl methyl sites for hydroxylation is 1. The number of halogens is 3. The van der Waals surface area contributed by atoms with E-state index in [1.54, 1.807) is 13.0 Å². The van der Waals surface area contributed by atoms with Crippen molar-refractivity contribution in [2.24, 2.45) is 0 Å². The molecule has 0 amide bonds. The SMILES string of the molecule is Cc1ccnc(OC(C)C(F)(F)F)c1N. The Morgan fingerprint density at radius 3 is 2.60 bits per heavy atom. The smallest absolute Gasteiger partial charge is 0.425 e. The summed E-state index contributed by atoms with van der Waals surface area (Å²) in [6, 6.07) is 1.60. The van der Waals surface area contributed by atoms with Crippen LogP contribution in [0, 0.1) is 6.92 Å². The second kappa shape index (κ2) is 3.96. The van der Waals surface area contributed by atoms with Crippen LogP contribution in [0.1, 0.15) is 12.5 Å². The van der Waals surface area contributed by atoms with Crippen molar-refractivity contribution >= 4 is 5.69 Å². The van der Waals surface area contributed by atoms with Gasteiger partial charge in [0.25, 0.3) is 0 Å². The molecule has 0 radical (unpaired) electrons. The Balaban J connectivity index is 2.86. The number of alkyl halides is 3. The molecule has 3 nitrogen and oxygen atoms in total. The van der Waals surface area contributed by atoms with Crippen LogP contribution in [-0.4, -0.2) is 17.3 Å². The highest BCUT2D eigenvalue weighted by molar-refractivity contribution is 5.53. The summed E-state index contributed by atoms with van der Waals surface area (Å²) in [5.41, 5.74) is 6.29. The molecule has 0 aliphatic rings. The standard InChI is InChI=1S/C9H11F3N2O/c1-5-3-4-14-8(7(5)13)15-6(2)9(10,11)12/h3-4,6H,13H2,1-2H3. The number of nitrogens with zero attached hydrogens (tertiary/aromatic N) is 1. The first-order chi connectivity index (χ1) is 6.82. The monoisotopic (exact) mass is 220 g/mol. The third-order valence-corrected chi connectivity index (χ3v) is 1.92. The molecule has 0 spiro atoms. The molecule has 1 heterocycles. The van der Waals surface area contributed by atoms with Gasteiger partial charge in [-0.1, -0.05) is 0 Å². The summed E-state index contributed by atoms with van der Waals surface area (Å²) >= 11 is 0. The third kappa shape index (κ3) is 2.74. The number of hydrogen-bond donors (Lipinski definition) is 1. The Bertz CT molecular complexity index is 352. The first-order valence-corrected chi connectivity index (χ1v) is 4.27. The zero-order chi connectivity index (χ0) is 11.6. The Morgan fingerprint density at radius 1 is 1.47 bits per heavy atom. The summed E-state index contributed by atoms with van der Waals surface area (Å²) in [6.45, 7) is 2.57. The van der Waals surface area contributed by atoms with Crippen molar-refractivity contribution in [3.63, 3.8) is 0 Å². The molecule has 0 aliphatic heterocycles. The average molecular weight is 220 g/mol. The van der Waals surface area contributed by atoms with Gasteiger partial charge in [-0.05, 0) is 25.5 Å². The predicted octanol–water partition coefficient (Wildman–Crippen LogP) is 2.30. The maximum Gasteiger partial charge on any atom is 0.425 e. The van der Waals surface area contributed by atoms with Crippen LogP contribution >= 0.6 is 0 Å². The molecule has 1 aromatic heterocycles. The summed E-state index contributed by atoms with van der Waals surface area (Å²) in [5, 5.41) is 0. The maximum absolute atomic E-state index is 12.2. The zero-order valence-electron chi connectivity index (χ0n) is 8.30. The van der Waals surface area contributed by atoms with Gasteiger partial charge >= 0.3 is 6.18 Å². The molecule has 84 valence electrons. The molecule has 15 heavy (non-hydrogen) atoms. The van der Waals surface area contributed by atoms with E-state index in [2.05, 4.69) is 9.72 Å². The van der Waals surface area contributed by atoms with E-state index < -0.39 is 12.3 Å². The quantitative estimate of drug-likeness (QED) is 0.831. The summed E-state index contributed by atoms with van der Waals surface area (Å²) in [6.07, 6.45) is -4.99. The molecular weight excluding hydrogens is 209 g/mol. The first kappa shape index (κ1) is 11.6. The Labute approximate surface area is 85.1 Å². The lowest BCUT2D eigenvalue weighted by atomic mass is 10.2. The molecule has 1 rings (SSSR count). The fourth-order valence-corrected chi connectivity index (χ4v) is 0.873. The van der Waals surface area contributed by atoms with Gasteiger partial charge in [0.1, 0.15) is 0 Å². The van der Waals surface area contributed by atoms with Crippen molar-refractivity contribution < 1.29 is 17.9 Å². The first-order valence-electron chi connectivity index (χ1n) is 4.27. The minimum atomic E-state index is -4.42. The van der Waals surface area contributed by atoms with Crippen molar-refractivity contribution in [1.82, 2.24) is 4.98 Å². The largest absolute Gasteiger partial charge is 0.464 e. The van der Waals surface area contributed by atoms with E-state index >= 15 is 0 Å². The van der Waals surface area contributed by atoms with Gasteiger partial charge in [-0.25, -0.2) is 4.98 Å². The lowest BCUT2D eigenvalue weighted by Gasteiger charge is -2.18. The minimum Gasteiger partial charge on any atom is -0.464 e. The van der Waals surface area contributed by atoms with Crippen LogP contribution in [0.4, 0.5) is 18.9 Å². The van der Waals surface area contributed by atoms with Crippen molar-refractivity contribution in [3.8, 4) is 5.88 Å². The van der Waals surface area contributed by atoms with E-state index in [1.807, 2.05) is 0 Å². The van der Waals surface area contributed by atoms with Crippen molar-refractivity contribution in [2.45, 2.75) is 26.1 Å². The molecule has 0 bridgehead atoms. The van der Waals surface area contributed by atoms with Gasteiger partial charge in [0.05, 0.1) is 5.69 Å². The van der Waals surface area contributed by atoms with Crippen LogP contribution in [0.2, 0.25) is 0 Å². The predicted molar refractivity (Wildman–Crippen MR) is 49.5 cm³/mol. The van der Waals surface area contributed by atoms with E-state index in [0.717, 1.165) is 6.92 Å². The van der Waals surface area contributed by atoms with Crippen LogP contribution in [-0.2, 0) is 0 Å². The van der Waals surface area contributed by atoms with Crippen molar-refractivity contribution in [2.75, 3.05) is 5.73 Å². The van der Waals surface area contributed by atoms with E-state index in [0.29, 0.717) is 5.56 Å². The summed E-state index contributed by atoms with van der Waals surface area (Å²) in [4.78, 5) is 3.65. The van der Waals surface area contributed by atoms with Gasteiger partial charge in [0.15, 0.2) is 6.10 Å². The Kier molecular flexibility index (Phi) is 3.06. The summed E-state index contributed by atoms with van der Waals surface area (Å²) in [5.74, 6) is -0.181. The normalized spacial score (nSPS) is 13.7. The van der Waals surface area contributed by atoms with Gasteiger partial charge in [0, 0.05) is 6.20 Å². The average Bonchev–Trinajstić information content (AvgIpc) is 2.11. The highest BCUT2D eigenvalue weighted by Gasteiger charge is 2.38. The number of aromatic nitrogens is 1. The Morgan fingerprint density at radius 2 is 2.07 bits per heavy atom. The zero-order valence-corrected chi connectivity index (χ0v) is 8.30. The van der Waals surface area contributed by atoms with Gasteiger partial charge < -0.3 is 10.5 Å². The molecule has 0 saturated carbocycles. The number of ether oxygens (including phenoxy) is 1. The number of anilines is 1. The van der Waals surface area contributed by atoms with E-state index in [-0.39, 0.29) is 11.6 Å². The van der Waals surface area contributed by atoms with Crippen molar-refractivity contribution in [1.29, 1.82) is 0 Å². The number of hydrogen-bond acceptors (Lipinski definition) is 3. The highest BCUT2D eigenvalue weighted by Crippen LogP contribution is 2.28. The highest BCUT2D eigenvalue weighted by atomic mass is 19.4.